The smallest absolute Gasteiger partial charge is 0.410 e. The Balaban J connectivity index is 2.46. The molecule has 1 aliphatic rings. The van der Waals surface area contributed by atoms with Gasteiger partial charge in [-0.25, -0.2) is 4.79 Å². The standard InChI is InChI=1S/C10H20N2O2/c1-10(2,3)14-9(13)12(7-6-11)8-4-5-8/h8H,4-7,11H2,1-3H3. The fraction of sp³-hybridized carbons (Fsp3) is 0.900. The third-order valence-corrected chi connectivity index (χ3v) is 1.99. The molecule has 1 fully saturated rings. The maximum Gasteiger partial charge on any atom is 0.410 e. The maximum atomic E-state index is 11.7. The first-order chi connectivity index (χ1) is 6.44. The van der Waals surface area contributed by atoms with E-state index in [1.165, 1.54) is 0 Å². The average molecular weight is 200 g/mol. The molecular weight excluding hydrogens is 180 g/mol. The second kappa shape index (κ2) is 4.17. The largest absolute Gasteiger partial charge is 0.444 e. The summed E-state index contributed by atoms with van der Waals surface area (Å²) in [6, 6.07) is 0.369. The van der Waals surface area contributed by atoms with Crippen LogP contribution in [-0.4, -0.2) is 35.7 Å². The molecule has 1 amide bonds. The number of carbonyl (C=O) groups excluding carboxylic acids is 1. The van der Waals surface area contributed by atoms with Crippen molar-refractivity contribution in [1.82, 2.24) is 4.90 Å². The van der Waals surface area contributed by atoms with E-state index in [1.807, 2.05) is 20.8 Å². The zero-order valence-corrected chi connectivity index (χ0v) is 9.25. The summed E-state index contributed by atoms with van der Waals surface area (Å²) in [7, 11) is 0. The molecule has 0 aliphatic heterocycles. The van der Waals surface area contributed by atoms with Crippen molar-refractivity contribution in [3.8, 4) is 0 Å². The third-order valence-electron chi connectivity index (χ3n) is 1.99. The molecule has 0 saturated heterocycles. The lowest BCUT2D eigenvalue weighted by Gasteiger charge is -2.26. The van der Waals surface area contributed by atoms with E-state index >= 15 is 0 Å². The molecule has 82 valence electrons. The molecule has 0 spiro atoms. The third kappa shape index (κ3) is 3.54. The SMILES string of the molecule is CC(C)(C)OC(=O)N(CCN)C1CC1. The summed E-state index contributed by atoms with van der Waals surface area (Å²) in [4.78, 5) is 13.4. The van der Waals surface area contributed by atoms with Crippen LogP contribution in [-0.2, 0) is 4.74 Å². The first-order valence-corrected chi connectivity index (χ1v) is 5.14. The van der Waals surface area contributed by atoms with Crippen LogP contribution in [0.2, 0.25) is 0 Å². The topological polar surface area (TPSA) is 55.6 Å². The molecule has 0 radical (unpaired) electrons. The highest BCUT2D eigenvalue weighted by molar-refractivity contribution is 5.69. The van der Waals surface area contributed by atoms with Gasteiger partial charge in [-0.2, -0.15) is 0 Å². The van der Waals surface area contributed by atoms with Crippen molar-refractivity contribution in [2.75, 3.05) is 13.1 Å². The summed E-state index contributed by atoms with van der Waals surface area (Å²) in [5, 5.41) is 0. The van der Waals surface area contributed by atoms with Gasteiger partial charge in [0.2, 0.25) is 0 Å². The Bertz CT molecular complexity index is 207. The number of nitrogens with two attached hydrogens (primary N) is 1. The minimum atomic E-state index is -0.418. The minimum absolute atomic E-state index is 0.231. The number of amides is 1. The lowest BCUT2D eigenvalue weighted by atomic mass is 10.2. The normalized spacial score (nSPS) is 16.6. The lowest BCUT2D eigenvalue weighted by Crippen LogP contribution is -2.40. The van der Waals surface area contributed by atoms with Crippen molar-refractivity contribution in [3.63, 3.8) is 0 Å². The van der Waals surface area contributed by atoms with Crippen LogP contribution in [0, 0.1) is 0 Å². The van der Waals surface area contributed by atoms with E-state index < -0.39 is 5.60 Å². The molecule has 0 heterocycles. The monoisotopic (exact) mass is 200 g/mol. The van der Waals surface area contributed by atoms with Crippen molar-refractivity contribution < 1.29 is 9.53 Å². The number of carbonyl (C=O) groups is 1. The second-order valence-electron chi connectivity index (χ2n) is 4.69. The Labute approximate surface area is 85.4 Å². The summed E-state index contributed by atoms with van der Waals surface area (Å²) < 4.78 is 5.29. The highest BCUT2D eigenvalue weighted by Gasteiger charge is 2.34. The Kier molecular flexibility index (Phi) is 3.37. The first-order valence-electron chi connectivity index (χ1n) is 5.14. The molecule has 2 N–H and O–H groups in total. The predicted molar refractivity (Wildman–Crippen MR) is 55.0 cm³/mol. The van der Waals surface area contributed by atoms with Gasteiger partial charge >= 0.3 is 6.09 Å². The van der Waals surface area contributed by atoms with Gasteiger partial charge in [0.25, 0.3) is 0 Å². The van der Waals surface area contributed by atoms with Crippen LogP contribution in [0.5, 0.6) is 0 Å². The van der Waals surface area contributed by atoms with Gasteiger partial charge < -0.3 is 15.4 Å². The molecule has 0 aromatic rings. The molecule has 1 rings (SSSR count). The van der Waals surface area contributed by atoms with E-state index in [0.717, 1.165) is 12.8 Å². The van der Waals surface area contributed by atoms with Crippen LogP contribution in [0.1, 0.15) is 33.6 Å². The van der Waals surface area contributed by atoms with Gasteiger partial charge in [-0.1, -0.05) is 0 Å². The molecule has 0 aromatic carbocycles. The van der Waals surface area contributed by atoms with Crippen molar-refractivity contribution in [2.45, 2.75) is 45.3 Å². The molecule has 0 bridgehead atoms. The number of rotatable bonds is 3. The fourth-order valence-electron chi connectivity index (χ4n) is 1.27. The maximum absolute atomic E-state index is 11.7. The quantitative estimate of drug-likeness (QED) is 0.748. The Morgan fingerprint density at radius 2 is 2.07 bits per heavy atom. The molecule has 0 unspecified atom stereocenters. The number of ether oxygens (including phenoxy) is 1. The Morgan fingerprint density at radius 3 is 2.43 bits per heavy atom. The van der Waals surface area contributed by atoms with Gasteiger partial charge in [-0.15, -0.1) is 0 Å². The zero-order chi connectivity index (χ0) is 10.8. The van der Waals surface area contributed by atoms with Crippen molar-refractivity contribution in [1.29, 1.82) is 0 Å². The van der Waals surface area contributed by atoms with Crippen LogP contribution in [0.4, 0.5) is 4.79 Å². The molecule has 1 saturated carbocycles. The molecule has 1 aliphatic carbocycles. The van der Waals surface area contributed by atoms with Crippen LogP contribution in [0.3, 0.4) is 0 Å². The van der Waals surface area contributed by atoms with Crippen LogP contribution < -0.4 is 5.73 Å². The highest BCUT2D eigenvalue weighted by Crippen LogP contribution is 2.27. The van der Waals surface area contributed by atoms with Gasteiger partial charge in [0.1, 0.15) is 5.60 Å². The number of hydrogen-bond acceptors (Lipinski definition) is 3. The summed E-state index contributed by atoms with van der Waals surface area (Å²) in [6.45, 7) is 6.71. The summed E-state index contributed by atoms with van der Waals surface area (Å²) in [6.07, 6.45) is 1.93. The minimum Gasteiger partial charge on any atom is -0.444 e. The molecule has 0 atom stereocenters. The summed E-state index contributed by atoms with van der Waals surface area (Å²) in [5.74, 6) is 0. The van der Waals surface area contributed by atoms with Crippen molar-refractivity contribution >= 4 is 6.09 Å². The molecule has 4 nitrogen and oxygen atoms in total. The van der Waals surface area contributed by atoms with E-state index in [0.29, 0.717) is 19.1 Å². The van der Waals surface area contributed by atoms with Crippen LogP contribution in [0.25, 0.3) is 0 Å². The van der Waals surface area contributed by atoms with E-state index in [9.17, 15) is 4.79 Å². The van der Waals surface area contributed by atoms with Gasteiger partial charge in [-0.05, 0) is 33.6 Å². The van der Waals surface area contributed by atoms with Gasteiger partial charge in [0.05, 0.1) is 0 Å². The summed E-state index contributed by atoms with van der Waals surface area (Å²) in [5.41, 5.74) is 5.03. The Hall–Kier alpha value is -0.770. The molecule has 0 aromatic heterocycles. The first kappa shape index (κ1) is 11.3. The number of nitrogens with zero attached hydrogens (tertiary/aromatic N) is 1. The van der Waals surface area contributed by atoms with Crippen molar-refractivity contribution in [2.24, 2.45) is 5.73 Å². The highest BCUT2D eigenvalue weighted by atomic mass is 16.6. The van der Waals surface area contributed by atoms with E-state index in [4.69, 9.17) is 10.5 Å². The molecular formula is C10H20N2O2. The van der Waals surface area contributed by atoms with Gasteiger partial charge in [0.15, 0.2) is 0 Å². The molecule has 4 heteroatoms. The van der Waals surface area contributed by atoms with E-state index in [1.54, 1.807) is 4.90 Å². The lowest BCUT2D eigenvalue weighted by molar-refractivity contribution is 0.0240. The average Bonchev–Trinajstić information content (AvgIpc) is 2.78. The second-order valence-corrected chi connectivity index (χ2v) is 4.69. The van der Waals surface area contributed by atoms with Gasteiger partial charge in [-0.3, -0.25) is 0 Å². The predicted octanol–water partition coefficient (Wildman–Crippen LogP) is 1.34. The summed E-state index contributed by atoms with van der Waals surface area (Å²) >= 11 is 0. The van der Waals surface area contributed by atoms with E-state index in [-0.39, 0.29) is 6.09 Å². The van der Waals surface area contributed by atoms with E-state index in [2.05, 4.69) is 0 Å². The van der Waals surface area contributed by atoms with Crippen LogP contribution >= 0.6 is 0 Å². The fourth-order valence-corrected chi connectivity index (χ4v) is 1.27. The zero-order valence-electron chi connectivity index (χ0n) is 9.25. The Morgan fingerprint density at radius 1 is 1.50 bits per heavy atom. The molecule has 14 heavy (non-hydrogen) atoms. The van der Waals surface area contributed by atoms with Crippen LogP contribution in [0.15, 0.2) is 0 Å². The number of hydrogen-bond donors (Lipinski definition) is 1. The van der Waals surface area contributed by atoms with Crippen molar-refractivity contribution in [3.05, 3.63) is 0 Å². The van der Waals surface area contributed by atoms with Gasteiger partial charge in [0, 0.05) is 19.1 Å².